The Balaban J connectivity index is 1.76. The number of rotatable bonds is 5. The third-order valence-electron chi connectivity index (χ3n) is 5.10. The fourth-order valence-electron chi connectivity index (χ4n) is 3.48. The molecule has 0 radical (unpaired) electrons. The van der Waals surface area contributed by atoms with Crippen molar-refractivity contribution in [3.8, 4) is 0 Å². The normalized spacial score (nSPS) is 14.2. The molecule has 0 saturated heterocycles. The van der Waals surface area contributed by atoms with Gasteiger partial charge < -0.3 is 5.32 Å². The third kappa shape index (κ3) is 3.66. The second-order valence-corrected chi connectivity index (χ2v) is 8.89. The quantitative estimate of drug-likeness (QED) is 0.482. The summed E-state index contributed by atoms with van der Waals surface area (Å²) < 4.78 is 0. The number of benzene rings is 2. The van der Waals surface area contributed by atoms with Crippen LogP contribution in [0, 0.1) is 6.92 Å². The topological polar surface area (TPSA) is 49.4 Å². The van der Waals surface area contributed by atoms with Crippen LogP contribution < -0.4 is 10.2 Å². The van der Waals surface area contributed by atoms with E-state index in [-0.39, 0.29) is 17.5 Å². The summed E-state index contributed by atoms with van der Waals surface area (Å²) in [7, 11) is 0. The Labute approximate surface area is 184 Å². The number of hydrogen-bond acceptors (Lipinski definition) is 4. The predicted molar refractivity (Wildman–Crippen MR) is 124 cm³/mol. The highest BCUT2D eigenvalue weighted by Gasteiger charge is 2.41. The van der Waals surface area contributed by atoms with E-state index >= 15 is 0 Å². The molecule has 30 heavy (non-hydrogen) atoms. The predicted octanol–water partition coefficient (Wildman–Crippen LogP) is 6.23. The molecule has 0 fully saturated rings. The van der Waals surface area contributed by atoms with Gasteiger partial charge in [-0.1, -0.05) is 43.6 Å². The largest absolute Gasteiger partial charge is 0.350 e. The van der Waals surface area contributed by atoms with Crippen LogP contribution in [0.3, 0.4) is 0 Å². The number of hydrogen-bond donors (Lipinski definition) is 1. The molecule has 1 aliphatic rings. The number of aryl methyl sites for hydroxylation is 1. The van der Waals surface area contributed by atoms with Crippen LogP contribution in [-0.4, -0.2) is 11.8 Å². The molecule has 6 heteroatoms. The molecule has 152 valence electrons. The first-order valence-corrected chi connectivity index (χ1v) is 10.9. The second kappa shape index (κ2) is 8.09. The van der Waals surface area contributed by atoms with Crippen LogP contribution >= 0.6 is 22.9 Å². The van der Waals surface area contributed by atoms with Crippen molar-refractivity contribution in [1.29, 1.82) is 0 Å². The molecule has 2 heterocycles. The van der Waals surface area contributed by atoms with E-state index in [4.69, 9.17) is 11.6 Å². The minimum Gasteiger partial charge on any atom is -0.350 e. The van der Waals surface area contributed by atoms with Gasteiger partial charge in [-0.25, -0.2) is 4.90 Å². The van der Waals surface area contributed by atoms with Gasteiger partial charge in [0.1, 0.15) is 5.70 Å². The van der Waals surface area contributed by atoms with Gasteiger partial charge in [-0.15, -0.1) is 11.3 Å². The van der Waals surface area contributed by atoms with Crippen molar-refractivity contribution in [1.82, 2.24) is 0 Å². The van der Waals surface area contributed by atoms with Gasteiger partial charge in [-0.05, 0) is 65.7 Å². The number of nitrogens with one attached hydrogen (secondary N) is 1. The summed E-state index contributed by atoms with van der Waals surface area (Å²) in [6.07, 6.45) is 0. The number of carbonyl (C=O) groups excluding carboxylic acids is 2. The van der Waals surface area contributed by atoms with Gasteiger partial charge in [0.2, 0.25) is 0 Å². The van der Waals surface area contributed by atoms with Gasteiger partial charge in [0.05, 0.1) is 11.3 Å². The van der Waals surface area contributed by atoms with E-state index in [9.17, 15) is 9.59 Å². The minimum atomic E-state index is -0.373. The van der Waals surface area contributed by atoms with Crippen molar-refractivity contribution in [2.75, 3.05) is 10.2 Å². The fraction of sp³-hybridized carbons (Fsp3) is 0.167. The number of thiophene rings is 1. The molecule has 0 aliphatic carbocycles. The van der Waals surface area contributed by atoms with Crippen LogP contribution in [0.2, 0.25) is 5.02 Å². The SMILES string of the molecule is Cc1cc(Cl)ccc1N1C(=O)C(Nc2ccc(C(C)C)cc2)=C(c2cccs2)C1=O. The van der Waals surface area contributed by atoms with Crippen molar-refractivity contribution in [3.63, 3.8) is 0 Å². The average Bonchev–Trinajstić information content (AvgIpc) is 3.30. The molecule has 0 atom stereocenters. The zero-order valence-corrected chi connectivity index (χ0v) is 18.5. The Bertz CT molecular complexity index is 1150. The van der Waals surface area contributed by atoms with Crippen LogP contribution in [0.25, 0.3) is 5.57 Å². The number of amides is 2. The van der Waals surface area contributed by atoms with Gasteiger partial charge in [0.15, 0.2) is 0 Å². The number of nitrogens with zero attached hydrogens (tertiary/aromatic N) is 1. The summed E-state index contributed by atoms with van der Waals surface area (Å²) in [5.74, 6) is -0.297. The maximum Gasteiger partial charge on any atom is 0.282 e. The Kier molecular flexibility index (Phi) is 5.50. The molecular formula is C24H21ClN2O2S. The second-order valence-electron chi connectivity index (χ2n) is 7.51. The minimum absolute atomic E-state index is 0.286. The first-order valence-electron chi connectivity index (χ1n) is 9.67. The highest BCUT2D eigenvalue weighted by Crippen LogP contribution is 2.37. The van der Waals surface area contributed by atoms with Crippen molar-refractivity contribution >= 4 is 51.7 Å². The molecule has 1 N–H and O–H groups in total. The van der Waals surface area contributed by atoms with Crippen molar-refractivity contribution in [2.24, 2.45) is 0 Å². The molecular weight excluding hydrogens is 416 g/mol. The maximum absolute atomic E-state index is 13.4. The fourth-order valence-corrected chi connectivity index (χ4v) is 4.47. The Morgan fingerprint density at radius 1 is 1.00 bits per heavy atom. The summed E-state index contributed by atoms with van der Waals surface area (Å²) in [4.78, 5) is 28.8. The Morgan fingerprint density at radius 3 is 2.33 bits per heavy atom. The zero-order chi connectivity index (χ0) is 21.4. The monoisotopic (exact) mass is 436 g/mol. The van der Waals surface area contributed by atoms with Crippen LogP contribution in [-0.2, 0) is 9.59 Å². The summed E-state index contributed by atoms with van der Waals surface area (Å²) >= 11 is 7.50. The highest BCUT2D eigenvalue weighted by molar-refractivity contribution is 7.11. The van der Waals surface area contributed by atoms with Crippen molar-refractivity contribution in [2.45, 2.75) is 26.7 Å². The lowest BCUT2D eigenvalue weighted by molar-refractivity contribution is -0.120. The lowest BCUT2D eigenvalue weighted by Crippen LogP contribution is -2.32. The van der Waals surface area contributed by atoms with Crippen molar-refractivity contribution < 1.29 is 9.59 Å². The highest BCUT2D eigenvalue weighted by atomic mass is 35.5. The van der Waals surface area contributed by atoms with Crippen LogP contribution in [0.1, 0.15) is 35.8 Å². The van der Waals surface area contributed by atoms with E-state index in [0.29, 0.717) is 22.2 Å². The molecule has 4 nitrogen and oxygen atoms in total. The first-order chi connectivity index (χ1) is 14.4. The molecule has 0 saturated carbocycles. The molecule has 1 aromatic heterocycles. The molecule has 0 unspecified atom stereocenters. The lowest BCUT2D eigenvalue weighted by Gasteiger charge is -2.18. The van der Waals surface area contributed by atoms with E-state index in [1.165, 1.54) is 21.8 Å². The zero-order valence-electron chi connectivity index (χ0n) is 16.9. The van der Waals surface area contributed by atoms with Gasteiger partial charge in [-0.2, -0.15) is 0 Å². The standard InChI is InChI=1S/C24H21ClN2O2S/c1-14(2)16-6-9-18(10-7-16)26-22-21(20-5-4-12-30-20)23(28)27(24(22)29)19-11-8-17(25)13-15(19)3/h4-14,26H,1-3H3. The van der Waals surface area contributed by atoms with Crippen LogP contribution in [0.4, 0.5) is 11.4 Å². The maximum atomic E-state index is 13.4. The van der Waals surface area contributed by atoms with E-state index in [2.05, 4.69) is 19.2 Å². The van der Waals surface area contributed by atoms with Gasteiger partial charge >= 0.3 is 0 Å². The summed E-state index contributed by atoms with van der Waals surface area (Å²) in [5.41, 5.74) is 3.94. The molecule has 0 bridgehead atoms. The molecule has 2 aromatic carbocycles. The van der Waals surface area contributed by atoms with E-state index < -0.39 is 0 Å². The molecule has 0 spiro atoms. The van der Waals surface area contributed by atoms with Crippen LogP contribution in [0.5, 0.6) is 0 Å². The number of halogens is 1. The molecule has 4 rings (SSSR count). The number of carbonyl (C=O) groups is 2. The number of imide groups is 1. The molecule has 2 amide bonds. The van der Waals surface area contributed by atoms with Crippen LogP contribution in [0.15, 0.2) is 65.7 Å². The third-order valence-corrected chi connectivity index (χ3v) is 6.22. The summed E-state index contributed by atoms with van der Waals surface area (Å²) in [6, 6.07) is 16.8. The average molecular weight is 437 g/mol. The van der Waals surface area contributed by atoms with Gasteiger partial charge in [0, 0.05) is 15.6 Å². The van der Waals surface area contributed by atoms with E-state index in [1.807, 2.05) is 48.7 Å². The first kappa shape index (κ1) is 20.4. The summed E-state index contributed by atoms with van der Waals surface area (Å²) in [6.45, 7) is 6.10. The van der Waals surface area contributed by atoms with E-state index in [1.54, 1.807) is 18.2 Å². The lowest BCUT2D eigenvalue weighted by atomic mass is 10.0. The van der Waals surface area contributed by atoms with Crippen molar-refractivity contribution in [3.05, 3.63) is 86.7 Å². The number of anilines is 2. The Morgan fingerprint density at radius 2 is 1.73 bits per heavy atom. The molecule has 1 aliphatic heterocycles. The van der Waals surface area contributed by atoms with E-state index in [0.717, 1.165) is 16.1 Å². The smallest absolute Gasteiger partial charge is 0.282 e. The van der Waals surface area contributed by atoms with Gasteiger partial charge in [0.25, 0.3) is 11.8 Å². The van der Waals surface area contributed by atoms with Gasteiger partial charge in [-0.3, -0.25) is 9.59 Å². The summed E-state index contributed by atoms with van der Waals surface area (Å²) in [5, 5.41) is 5.66. The Hall–Kier alpha value is -2.89. The molecule has 3 aromatic rings.